The Morgan fingerprint density at radius 1 is 1.44 bits per heavy atom. The van der Waals surface area contributed by atoms with E-state index in [-0.39, 0.29) is 0 Å². The average Bonchev–Trinajstić information content (AvgIpc) is 2.29. The number of hydrogen-bond donors (Lipinski definition) is 1. The van der Waals surface area contributed by atoms with E-state index in [1.54, 1.807) is 0 Å². The van der Waals surface area contributed by atoms with Gasteiger partial charge in [-0.3, -0.25) is 0 Å². The number of pyridine rings is 1. The van der Waals surface area contributed by atoms with Crippen molar-refractivity contribution in [1.82, 2.24) is 4.98 Å². The summed E-state index contributed by atoms with van der Waals surface area (Å²) in [6.07, 6.45) is 3.08. The highest BCUT2D eigenvalue weighted by atomic mass is 15.1. The fourth-order valence-corrected chi connectivity index (χ4v) is 1.64. The molecule has 1 aromatic rings. The van der Waals surface area contributed by atoms with Crippen LogP contribution < -0.4 is 10.2 Å². The van der Waals surface area contributed by atoms with Gasteiger partial charge in [0.2, 0.25) is 0 Å². The third-order valence-corrected chi connectivity index (χ3v) is 2.82. The first-order chi connectivity index (χ1) is 7.67. The second-order valence-corrected chi connectivity index (χ2v) is 4.32. The average molecular weight is 221 g/mol. The quantitative estimate of drug-likeness (QED) is 0.800. The molecule has 0 bridgehead atoms. The molecule has 3 heteroatoms. The molecule has 0 fully saturated rings. The summed E-state index contributed by atoms with van der Waals surface area (Å²) < 4.78 is 0. The first kappa shape index (κ1) is 12.8. The van der Waals surface area contributed by atoms with Crippen LogP contribution in [0.15, 0.2) is 18.3 Å². The van der Waals surface area contributed by atoms with E-state index < -0.39 is 0 Å². The molecule has 1 rings (SSSR count). The van der Waals surface area contributed by atoms with Gasteiger partial charge in [0.25, 0.3) is 0 Å². The van der Waals surface area contributed by atoms with Crippen molar-refractivity contribution in [2.75, 3.05) is 30.4 Å². The fraction of sp³-hybridized carbons (Fsp3) is 0.615. The summed E-state index contributed by atoms with van der Waals surface area (Å²) in [5.74, 6) is 1.68. The van der Waals surface area contributed by atoms with Crippen molar-refractivity contribution in [1.29, 1.82) is 0 Å². The van der Waals surface area contributed by atoms with E-state index in [2.05, 4.69) is 55.2 Å². The van der Waals surface area contributed by atoms with Gasteiger partial charge in [-0.25, -0.2) is 4.98 Å². The summed E-state index contributed by atoms with van der Waals surface area (Å²) >= 11 is 0. The van der Waals surface area contributed by atoms with E-state index in [0.717, 1.165) is 24.8 Å². The zero-order chi connectivity index (χ0) is 12.0. The van der Waals surface area contributed by atoms with Crippen LogP contribution in [0.4, 0.5) is 11.5 Å². The molecule has 0 aromatic carbocycles. The minimum atomic E-state index is 0.723. The molecule has 90 valence electrons. The van der Waals surface area contributed by atoms with Crippen molar-refractivity contribution in [2.45, 2.75) is 27.2 Å². The van der Waals surface area contributed by atoms with Crippen LogP contribution in [0.3, 0.4) is 0 Å². The summed E-state index contributed by atoms with van der Waals surface area (Å²) in [4.78, 5) is 6.56. The summed E-state index contributed by atoms with van der Waals surface area (Å²) in [5, 5.41) is 3.23. The molecule has 0 radical (unpaired) electrons. The molecular formula is C13H23N3. The second-order valence-electron chi connectivity index (χ2n) is 4.32. The van der Waals surface area contributed by atoms with E-state index >= 15 is 0 Å². The predicted molar refractivity (Wildman–Crippen MR) is 71.1 cm³/mol. The van der Waals surface area contributed by atoms with Crippen LogP contribution in [0.1, 0.15) is 27.2 Å². The molecule has 3 nitrogen and oxygen atoms in total. The monoisotopic (exact) mass is 221 g/mol. The number of anilines is 2. The molecule has 1 aromatic heterocycles. The highest BCUT2D eigenvalue weighted by Crippen LogP contribution is 2.17. The van der Waals surface area contributed by atoms with Crippen molar-refractivity contribution in [3.8, 4) is 0 Å². The summed E-state index contributed by atoms with van der Waals surface area (Å²) in [6, 6.07) is 4.16. The van der Waals surface area contributed by atoms with E-state index in [4.69, 9.17) is 0 Å². The lowest BCUT2D eigenvalue weighted by molar-refractivity contribution is 0.560. The van der Waals surface area contributed by atoms with Gasteiger partial charge in [0, 0.05) is 38.1 Å². The van der Waals surface area contributed by atoms with Crippen molar-refractivity contribution in [3.63, 3.8) is 0 Å². The number of nitrogens with one attached hydrogen (secondary N) is 1. The minimum Gasteiger partial charge on any atom is -0.374 e. The zero-order valence-electron chi connectivity index (χ0n) is 10.8. The summed E-state index contributed by atoms with van der Waals surface area (Å²) in [5.41, 5.74) is 1.23. The molecule has 0 aliphatic rings. The van der Waals surface area contributed by atoms with Crippen LogP contribution in [0.25, 0.3) is 0 Å². The van der Waals surface area contributed by atoms with E-state index in [1.807, 2.05) is 6.20 Å². The molecule has 1 heterocycles. The van der Waals surface area contributed by atoms with Crippen LogP contribution >= 0.6 is 0 Å². The Balaban J connectivity index is 2.67. The van der Waals surface area contributed by atoms with Crippen LogP contribution in [0.5, 0.6) is 0 Å². The predicted octanol–water partition coefficient (Wildman–Crippen LogP) is 3.00. The first-order valence-corrected chi connectivity index (χ1v) is 6.08. The molecule has 16 heavy (non-hydrogen) atoms. The van der Waals surface area contributed by atoms with Gasteiger partial charge in [-0.1, -0.05) is 20.3 Å². The van der Waals surface area contributed by atoms with Crippen LogP contribution in [-0.4, -0.2) is 25.1 Å². The Bertz CT molecular complexity index is 312. The maximum absolute atomic E-state index is 4.27. The highest BCUT2D eigenvalue weighted by molar-refractivity contribution is 5.53. The van der Waals surface area contributed by atoms with Crippen LogP contribution in [0, 0.1) is 5.92 Å². The van der Waals surface area contributed by atoms with Crippen molar-refractivity contribution >= 4 is 11.5 Å². The molecule has 1 unspecified atom stereocenters. The lowest BCUT2D eigenvalue weighted by Crippen LogP contribution is -2.23. The van der Waals surface area contributed by atoms with Gasteiger partial charge in [-0.15, -0.1) is 0 Å². The maximum atomic E-state index is 4.27. The third kappa shape index (κ3) is 3.72. The Morgan fingerprint density at radius 2 is 2.19 bits per heavy atom. The lowest BCUT2D eigenvalue weighted by Gasteiger charge is -2.23. The largest absolute Gasteiger partial charge is 0.374 e. The number of hydrogen-bond acceptors (Lipinski definition) is 3. The van der Waals surface area contributed by atoms with Gasteiger partial charge in [0.15, 0.2) is 0 Å². The molecule has 0 aliphatic heterocycles. The molecular weight excluding hydrogens is 198 g/mol. The summed E-state index contributed by atoms with van der Waals surface area (Å²) in [7, 11) is 2.14. The highest BCUT2D eigenvalue weighted by Gasteiger charge is 2.06. The Labute approximate surface area is 98.9 Å². The number of aromatic nitrogens is 1. The normalized spacial score (nSPS) is 12.2. The first-order valence-electron chi connectivity index (χ1n) is 6.08. The van der Waals surface area contributed by atoms with Crippen LogP contribution in [-0.2, 0) is 0 Å². The lowest BCUT2D eigenvalue weighted by atomic mass is 10.1. The SMILES string of the molecule is CCNc1cc(N(C)CC(C)CC)ccn1. The molecule has 1 atom stereocenters. The number of rotatable bonds is 6. The summed E-state index contributed by atoms with van der Waals surface area (Å²) in [6.45, 7) is 8.59. The zero-order valence-corrected chi connectivity index (χ0v) is 10.8. The molecule has 0 saturated carbocycles. The maximum Gasteiger partial charge on any atom is 0.127 e. The van der Waals surface area contributed by atoms with Crippen LogP contribution in [0.2, 0.25) is 0 Å². The van der Waals surface area contributed by atoms with E-state index in [9.17, 15) is 0 Å². The standard InChI is InChI=1S/C13H23N3/c1-5-11(3)10-16(4)12-7-8-15-13(9-12)14-6-2/h7-9,11H,5-6,10H2,1-4H3,(H,14,15). The van der Waals surface area contributed by atoms with Gasteiger partial charge in [-0.05, 0) is 18.9 Å². The van der Waals surface area contributed by atoms with Gasteiger partial charge in [-0.2, -0.15) is 0 Å². The van der Waals surface area contributed by atoms with Crippen molar-refractivity contribution < 1.29 is 0 Å². The Kier molecular flexibility index (Phi) is 5.09. The van der Waals surface area contributed by atoms with Gasteiger partial charge in [0.1, 0.15) is 5.82 Å². The Hall–Kier alpha value is -1.25. The van der Waals surface area contributed by atoms with Crippen molar-refractivity contribution in [3.05, 3.63) is 18.3 Å². The number of nitrogens with zero attached hydrogens (tertiary/aromatic N) is 2. The van der Waals surface area contributed by atoms with E-state index in [1.165, 1.54) is 12.1 Å². The third-order valence-electron chi connectivity index (χ3n) is 2.82. The molecule has 0 saturated heterocycles. The van der Waals surface area contributed by atoms with Gasteiger partial charge in [0.05, 0.1) is 0 Å². The molecule has 1 N–H and O–H groups in total. The Morgan fingerprint density at radius 3 is 2.81 bits per heavy atom. The smallest absolute Gasteiger partial charge is 0.127 e. The minimum absolute atomic E-state index is 0.723. The van der Waals surface area contributed by atoms with Gasteiger partial charge >= 0.3 is 0 Å². The molecule has 0 amide bonds. The van der Waals surface area contributed by atoms with E-state index in [0.29, 0.717) is 0 Å². The molecule has 0 spiro atoms. The topological polar surface area (TPSA) is 28.2 Å². The fourth-order valence-electron chi connectivity index (χ4n) is 1.64. The second kappa shape index (κ2) is 6.36. The van der Waals surface area contributed by atoms with Gasteiger partial charge < -0.3 is 10.2 Å². The van der Waals surface area contributed by atoms with Crippen molar-refractivity contribution in [2.24, 2.45) is 5.92 Å². The molecule has 0 aliphatic carbocycles.